The normalized spacial score (nSPS) is 11.2. The molecule has 0 aromatic heterocycles. The lowest BCUT2D eigenvalue weighted by molar-refractivity contribution is 1.47. The second-order valence-electron chi connectivity index (χ2n) is 5.97. The second kappa shape index (κ2) is 5.03. The Hall–Kier alpha value is -3.00. The Balaban J connectivity index is 2.17. The van der Waals surface area contributed by atoms with Crippen molar-refractivity contribution in [3.63, 3.8) is 0 Å². The highest BCUT2D eigenvalue weighted by Gasteiger charge is 2.13. The van der Waals surface area contributed by atoms with Crippen LogP contribution in [0.4, 0.5) is 11.4 Å². The van der Waals surface area contributed by atoms with Crippen molar-refractivity contribution in [3.05, 3.63) is 72.3 Å². The number of benzene rings is 4. The highest BCUT2D eigenvalue weighted by atomic mass is 14.6. The molecule has 4 aromatic rings. The Labute approximate surface area is 135 Å². The Bertz CT molecular complexity index is 1030. The lowest BCUT2D eigenvalue weighted by atomic mass is 9.92. The summed E-state index contributed by atoms with van der Waals surface area (Å²) in [4.78, 5) is 0. The standard InChI is InChI=1S/C21H18N2/c1-13-9-11-14(12-10-13)15-7-4-8-18-19(15)21(23)17-6-3-2-5-16(17)20(18)22/h2-12H,22-23H2,1H3. The molecule has 0 fully saturated rings. The molecule has 0 atom stereocenters. The van der Waals surface area contributed by atoms with Gasteiger partial charge in [-0.3, -0.25) is 0 Å². The summed E-state index contributed by atoms with van der Waals surface area (Å²) in [7, 11) is 0. The molecular weight excluding hydrogens is 280 g/mol. The maximum Gasteiger partial charge on any atom is 0.0481 e. The molecule has 4 N–H and O–H groups in total. The maximum absolute atomic E-state index is 6.54. The van der Waals surface area contributed by atoms with Crippen molar-refractivity contribution in [1.82, 2.24) is 0 Å². The molecule has 4 rings (SSSR count). The number of rotatable bonds is 1. The van der Waals surface area contributed by atoms with E-state index < -0.39 is 0 Å². The monoisotopic (exact) mass is 298 g/mol. The lowest BCUT2D eigenvalue weighted by Gasteiger charge is -2.15. The van der Waals surface area contributed by atoms with Crippen LogP contribution in [0.25, 0.3) is 32.7 Å². The quantitative estimate of drug-likeness (QED) is 0.291. The zero-order chi connectivity index (χ0) is 16.0. The van der Waals surface area contributed by atoms with E-state index in [0.29, 0.717) is 0 Å². The van der Waals surface area contributed by atoms with Crippen molar-refractivity contribution in [1.29, 1.82) is 0 Å². The Morgan fingerprint density at radius 2 is 1.22 bits per heavy atom. The minimum atomic E-state index is 0.791. The molecule has 2 heteroatoms. The van der Waals surface area contributed by atoms with E-state index >= 15 is 0 Å². The van der Waals surface area contributed by atoms with Gasteiger partial charge in [-0.1, -0.05) is 72.3 Å². The second-order valence-corrected chi connectivity index (χ2v) is 5.97. The van der Waals surface area contributed by atoms with Crippen molar-refractivity contribution >= 4 is 32.9 Å². The van der Waals surface area contributed by atoms with E-state index in [4.69, 9.17) is 11.5 Å². The molecule has 0 heterocycles. The molecule has 0 bridgehead atoms. The third-order valence-electron chi connectivity index (χ3n) is 4.49. The summed E-state index contributed by atoms with van der Waals surface area (Å²) in [5, 5.41) is 4.07. The largest absolute Gasteiger partial charge is 0.398 e. The van der Waals surface area contributed by atoms with Crippen LogP contribution < -0.4 is 11.5 Å². The molecule has 0 amide bonds. The van der Waals surface area contributed by atoms with E-state index in [1.54, 1.807) is 0 Å². The first-order valence-electron chi connectivity index (χ1n) is 7.72. The fourth-order valence-electron chi connectivity index (χ4n) is 3.27. The van der Waals surface area contributed by atoms with Gasteiger partial charge in [0.2, 0.25) is 0 Å². The highest BCUT2D eigenvalue weighted by molar-refractivity contribution is 6.22. The first-order valence-corrected chi connectivity index (χ1v) is 7.72. The molecule has 4 aromatic carbocycles. The SMILES string of the molecule is Cc1ccc(-c2cccc3c(N)c4ccccc4c(N)c23)cc1. The van der Waals surface area contributed by atoms with Crippen LogP contribution >= 0.6 is 0 Å². The highest BCUT2D eigenvalue weighted by Crippen LogP contribution is 2.41. The van der Waals surface area contributed by atoms with E-state index in [-0.39, 0.29) is 0 Å². The van der Waals surface area contributed by atoms with E-state index in [0.717, 1.165) is 44.0 Å². The molecule has 23 heavy (non-hydrogen) atoms. The average Bonchev–Trinajstić information content (AvgIpc) is 2.60. The number of anilines is 2. The molecule has 2 nitrogen and oxygen atoms in total. The van der Waals surface area contributed by atoms with Gasteiger partial charge in [0.15, 0.2) is 0 Å². The number of hydrogen-bond donors (Lipinski definition) is 2. The summed E-state index contributed by atoms with van der Waals surface area (Å²) >= 11 is 0. The van der Waals surface area contributed by atoms with Crippen LogP contribution in [0.5, 0.6) is 0 Å². The van der Waals surface area contributed by atoms with Gasteiger partial charge in [-0.05, 0) is 18.1 Å². The van der Waals surface area contributed by atoms with Gasteiger partial charge >= 0.3 is 0 Å². The van der Waals surface area contributed by atoms with Gasteiger partial charge in [-0.15, -0.1) is 0 Å². The van der Waals surface area contributed by atoms with Gasteiger partial charge in [0.25, 0.3) is 0 Å². The van der Waals surface area contributed by atoms with Crippen LogP contribution in [-0.4, -0.2) is 0 Å². The fraction of sp³-hybridized carbons (Fsp3) is 0.0476. The third-order valence-corrected chi connectivity index (χ3v) is 4.49. The average molecular weight is 298 g/mol. The summed E-state index contributed by atoms with van der Waals surface area (Å²) in [6.07, 6.45) is 0. The maximum atomic E-state index is 6.54. The van der Waals surface area contributed by atoms with Crippen molar-refractivity contribution in [2.75, 3.05) is 11.5 Å². The summed E-state index contributed by atoms with van der Waals surface area (Å²) < 4.78 is 0. The molecule has 0 saturated carbocycles. The van der Waals surface area contributed by atoms with Gasteiger partial charge in [0, 0.05) is 32.9 Å². The molecule has 0 aliphatic carbocycles. The third kappa shape index (κ3) is 2.03. The van der Waals surface area contributed by atoms with Crippen LogP contribution in [0.1, 0.15) is 5.56 Å². The number of nitrogen functional groups attached to an aromatic ring is 2. The Morgan fingerprint density at radius 1 is 0.609 bits per heavy atom. The number of aryl methyl sites for hydroxylation is 1. The van der Waals surface area contributed by atoms with Crippen molar-refractivity contribution in [3.8, 4) is 11.1 Å². The van der Waals surface area contributed by atoms with Crippen molar-refractivity contribution < 1.29 is 0 Å². The van der Waals surface area contributed by atoms with Gasteiger partial charge < -0.3 is 11.5 Å². The van der Waals surface area contributed by atoms with Gasteiger partial charge in [0.05, 0.1) is 0 Å². The molecule has 0 aliphatic rings. The van der Waals surface area contributed by atoms with Crippen molar-refractivity contribution in [2.24, 2.45) is 0 Å². The van der Waals surface area contributed by atoms with E-state index in [1.807, 2.05) is 36.4 Å². The molecule has 0 radical (unpaired) electrons. The summed E-state index contributed by atoms with van der Waals surface area (Å²) in [5.74, 6) is 0. The van der Waals surface area contributed by atoms with E-state index in [9.17, 15) is 0 Å². The minimum absolute atomic E-state index is 0.791. The number of nitrogens with two attached hydrogens (primary N) is 2. The van der Waals surface area contributed by atoms with Gasteiger partial charge in [-0.2, -0.15) is 0 Å². The number of fused-ring (bicyclic) bond motifs is 2. The Kier molecular flexibility index (Phi) is 2.98. The first-order chi connectivity index (χ1) is 11.2. The first kappa shape index (κ1) is 13.6. The lowest BCUT2D eigenvalue weighted by Crippen LogP contribution is -1.97. The zero-order valence-corrected chi connectivity index (χ0v) is 13.0. The summed E-state index contributed by atoms with van der Waals surface area (Å²) in [6, 6.07) is 22.8. The molecule has 0 aliphatic heterocycles. The predicted molar refractivity (Wildman–Crippen MR) is 100 cm³/mol. The zero-order valence-electron chi connectivity index (χ0n) is 13.0. The summed E-state index contributed by atoms with van der Waals surface area (Å²) in [6.45, 7) is 2.09. The smallest absolute Gasteiger partial charge is 0.0481 e. The van der Waals surface area contributed by atoms with E-state index in [2.05, 4.69) is 37.3 Å². The van der Waals surface area contributed by atoms with E-state index in [1.165, 1.54) is 5.56 Å². The fourth-order valence-corrected chi connectivity index (χ4v) is 3.27. The van der Waals surface area contributed by atoms with Crippen LogP contribution in [0, 0.1) is 6.92 Å². The molecule has 0 unspecified atom stereocenters. The number of hydrogen-bond acceptors (Lipinski definition) is 2. The van der Waals surface area contributed by atoms with Crippen LogP contribution in [0.2, 0.25) is 0 Å². The minimum Gasteiger partial charge on any atom is -0.398 e. The van der Waals surface area contributed by atoms with Crippen LogP contribution in [0.3, 0.4) is 0 Å². The van der Waals surface area contributed by atoms with Crippen LogP contribution in [-0.2, 0) is 0 Å². The van der Waals surface area contributed by atoms with Gasteiger partial charge in [-0.25, -0.2) is 0 Å². The molecule has 112 valence electrons. The van der Waals surface area contributed by atoms with Crippen LogP contribution in [0.15, 0.2) is 66.7 Å². The molecule has 0 spiro atoms. The predicted octanol–water partition coefficient (Wildman–Crippen LogP) is 5.13. The Morgan fingerprint density at radius 3 is 1.91 bits per heavy atom. The topological polar surface area (TPSA) is 52.0 Å². The van der Waals surface area contributed by atoms with Gasteiger partial charge in [0.1, 0.15) is 0 Å². The molecular formula is C21H18N2. The molecule has 0 saturated heterocycles. The summed E-state index contributed by atoms with van der Waals surface area (Å²) in [5.41, 5.74) is 18.1. The van der Waals surface area contributed by atoms with Crippen molar-refractivity contribution in [2.45, 2.75) is 6.92 Å².